The highest BCUT2D eigenvalue weighted by Crippen LogP contribution is 2.18. The SMILES string of the molecule is CC(C)N1CCCC(CNC(=O)c2ccc(COc3ccccc3)o2)C1. The number of amides is 1. The van der Waals surface area contributed by atoms with Gasteiger partial charge < -0.3 is 19.4 Å². The minimum absolute atomic E-state index is 0.155. The molecule has 1 amide bonds. The fraction of sp³-hybridized carbons (Fsp3) is 0.476. The van der Waals surface area contributed by atoms with Crippen LogP contribution in [0.1, 0.15) is 43.0 Å². The standard InChI is InChI=1S/C21H28N2O3/c1-16(2)23-12-6-7-17(14-23)13-22-21(24)20-11-10-19(26-20)15-25-18-8-4-3-5-9-18/h3-5,8-11,16-17H,6-7,12-15H2,1-2H3,(H,22,24). The molecular formula is C21H28N2O3. The maximum Gasteiger partial charge on any atom is 0.287 e. The Morgan fingerprint density at radius 3 is 2.85 bits per heavy atom. The summed E-state index contributed by atoms with van der Waals surface area (Å²) in [5.74, 6) is 2.11. The lowest BCUT2D eigenvalue weighted by Crippen LogP contribution is -2.43. The molecule has 1 atom stereocenters. The third-order valence-electron chi connectivity index (χ3n) is 4.84. The summed E-state index contributed by atoms with van der Waals surface area (Å²) in [7, 11) is 0. The van der Waals surface area contributed by atoms with Gasteiger partial charge in [-0.05, 0) is 63.4 Å². The molecule has 5 nitrogen and oxygen atoms in total. The highest BCUT2D eigenvalue weighted by molar-refractivity contribution is 5.91. The molecule has 2 heterocycles. The molecule has 0 aliphatic carbocycles. The molecule has 3 rings (SSSR count). The van der Waals surface area contributed by atoms with Crippen LogP contribution >= 0.6 is 0 Å². The van der Waals surface area contributed by atoms with Gasteiger partial charge in [-0.25, -0.2) is 0 Å². The smallest absolute Gasteiger partial charge is 0.287 e. The molecule has 1 saturated heterocycles. The third kappa shape index (κ3) is 5.11. The van der Waals surface area contributed by atoms with E-state index in [0.717, 1.165) is 25.3 Å². The number of hydrogen-bond donors (Lipinski definition) is 1. The number of carbonyl (C=O) groups excluding carboxylic acids is 1. The number of ether oxygens (including phenoxy) is 1. The molecule has 1 fully saturated rings. The second kappa shape index (κ2) is 8.90. The van der Waals surface area contributed by atoms with Crippen molar-refractivity contribution in [2.75, 3.05) is 19.6 Å². The second-order valence-corrected chi connectivity index (χ2v) is 7.17. The van der Waals surface area contributed by atoms with E-state index in [-0.39, 0.29) is 5.91 Å². The van der Waals surface area contributed by atoms with Crippen LogP contribution in [0.5, 0.6) is 5.75 Å². The minimum Gasteiger partial charge on any atom is -0.486 e. The molecule has 1 N–H and O–H groups in total. The van der Waals surface area contributed by atoms with Crippen molar-refractivity contribution < 1.29 is 13.9 Å². The van der Waals surface area contributed by atoms with Crippen molar-refractivity contribution in [3.8, 4) is 5.75 Å². The molecule has 0 bridgehead atoms. The van der Waals surface area contributed by atoms with Crippen molar-refractivity contribution in [1.29, 1.82) is 0 Å². The average molecular weight is 356 g/mol. The summed E-state index contributed by atoms with van der Waals surface area (Å²) in [6.07, 6.45) is 2.36. The molecule has 0 spiro atoms. The fourth-order valence-electron chi connectivity index (χ4n) is 3.31. The molecule has 1 unspecified atom stereocenters. The van der Waals surface area contributed by atoms with E-state index in [9.17, 15) is 4.79 Å². The highest BCUT2D eigenvalue weighted by Gasteiger charge is 2.22. The number of piperidine rings is 1. The van der Waals surface area contributed by atoms with Gasteiger partial charge in [-0.2, -0.15) is 0 Å². The normalized spacial score (nSPS) is 18.0. The Morgan fingerprint density at radius 2 is 2.08 bits per heavy atom. The van der Waals surface area contributed by atoms with Gasteiger partial charge in [-0.15, -0.1) is 0 Å². The predicted molar refractivity (Wildman–Crippen MR) is 101 cm³/mol. The van der Waals surface area contributed by atoms with Crippen LogP contribution in [0.3, 0.4) is 0 Å². The van der Waals surface area contributed by atoms with Gasteiger partial charge in [0, 0.05) is 19.1 Å². The summed E-state index contributed by atoms with van der Waals surface area (Å²) < 4.78 is 11.3. The summed E-state index contributed by atoms with van der Waals surface area (Å²) in [6.45, 7) is 7.66. The first-order chi connectivity index (χ1) is 12.6. The zero-order valence-corrected chi connectivity index (χ0v) is 15.6. The van der Waals surface area contributed by atoms with Crippen LogP contribution in [0, 0.1) is 5.92 Å². The van der Waals surface area contributed by atoms with E-state index in [1.54, 1.807) is 12.1 Å². The largest absolute Gasteiger partial charge is 0.486 e. The highest BCUT2D eigenvalue weighted by atomic mass is 16.5. The number of furan rings is 1. The van der Waals surface area contributed by atoms with Crippen LogP contribution in [0.2, 0.25) is 0 Å². The molecule has 2 aromatic rings. The summed E-state index contributed by atoms with van der Waals surface area (Å²) in [5, 5.41) is 3.02. The zero-order chi connectivity index (χ0) is 18.4. The van der Waals surface area contributed by atoms with Crippen LogP contribution in [0.15, 0.2) is 46.9 Å². The molecular weight excluding hydrogens is 328 g/mol. The van der Waals surface area contributed by atoms with E-state index in [1.807, 2.05) is 30.3 Å². The fourth-order valence-corrected chi connectivity index (χ4v) is 3.31. The van der Waals surface area contributed by atoms with E-state index in [1.165, 1.54) is 6.42 Å². The summed E-state index contributed by atoms with van der Waals surface area (Å²) in [5.41, 5.74) is 0. The Bertz CT molecular complexity index is 696. The van der Waals surface area contributed by atoms with Crippen molar-refractivity contribution in [3.63, 3.8) is 0 Å². The predicted octanol–water partition coefficient (Wildman–Crippen LogP) is 3.71. The van der Waals surface area contributed by atoms with Gasteiger partial charge in [0.05, 0.1) is 0 Å². The lowest BCUT2D eigenvalue weighted by atomic mass is 9.97. The monoisotopic (exact) mass is 356 g/mol. The summed E-state index contributed by atoms with van der Waals surface area (Å²) >= 11 is 0. The minimum atomic E-state index is -0.155. The number of benzene rings is 1. The lowest BCUT2D eigenvalue weighted by molar-refractivity contribution is 0.0892. The Labute approximate surface area is 155 Å². The van der Waals surface area contributed by atoms with Crippen molar-refractivity contribution in [2.24, 2.45) is 5.92 Å². The van der Waals surface area contributed by atoms with Gasteiger partial charge in [0.15, 0.2) is 5.76 Å². The molecule has 1 aromatic carbocycles. The van der Waals surface area contributed by atoms with E-state index < -0.39 is 0 Å². The lowest BCUT2D eigenvalue weighted by Gasteiger charge is -2.35. The topological polar surface area (TPSA) is 54.7 Å². The Morgan fingerprint density at radius 1 is 1.27 bits per heavy atom. The van der Waals surface area contributed by atoms with Gasteiger partial charge in [0.1, 0.15) is 18.1 Å². The van der Waals surface area contributed by atoms with Crippen LogP contribution in [-0.2, 0) is 6.61 Å². The van der Waals surface area contributed by atoms with Crippen molar-refractivity contribution >= 4 is 5.91 Å². The number of nitrogens with zero attached hydrogens (tertiary/aromatic N) is 1. The maximum absolute atomic E-state index is 12.3. The van der Waals surface area contributed by atoms with Gasteiger partial charge in [-0.3, -0.25) is 4.79 Å². The molecule has 1 aliphatic rings. The van der Waals surface area contributed by atoms with Crippen molar-refractivity contribution in [2.45, 2.75) is 39.3 Å². The van der Waals surface area contributed by atoms with Gasteiger partial charge in [0.25, 0.3) is 5.91 Å². The average Bonchev–Trinajstić information content (AvgIpc) is 3.15. The van der Waals surface area contributed by atoms with E-state index in [2.05, 4.69) is 24.1 Å². The van der Waals surface area contributed by atoms with Gasteiger partial charge >= 0.3 is 0 Å². The Hall–Kier alpha value is -2.27. The molecule has 0 radical (unpaired) electrons. The molecule has 26 heavy (non-hydrogen) atoms. The van der Waals surface area contributed by atoms with Crippen LogP contribution < -0.4 is 10.1 Å². The number of nitrogens with one attached hydrogen (secondary N) is 1. The summed E-state index contributed by atoms with van der Waals surface area (Å²) in [6, 6.07) is 13.6. The third-order valence-corrected chi connectivity index (χ3v) is 4.84. The Kier molecular flexibility index (Phi) is 6.34. The number of hydrogen-bond acceptors (Lipinski definition) is 4. The van der Waals surface area contributed by atoms with E-state index in [4.69, 9.17) is 9.15 Å². The number of carbonyl (C=O) groups is 1. The molecule has 0 saturated carbocycles. The maximum atomic E-state index is 12.3. The number of para-hydroxylation sites is 1. The van der Waals surface area contributed by atoms with Crippen molar-refractivity contribution in [3.05, 3.63) is 54.0 Å². The van der Waals surface area contributed by atoms with Crippen LogP contribution in [0.25, 0.3) is 0 Å². The van der Waals surface area contributed by atoms with E-state index in [0.29, 0.717) is 36.6 Å². The first-order valence-electron chi connectivity index (χ1n) is 9.40. The first-order valence-corrected chi connectivity index (χ1v) is 9.40. The van der Waals surface area contributed by atoms with Crippen LogP contribution in [-0.4, -0.2) is 36.5 Å². The van der Waals surface area contributed by atoms with Crippen molar-refractivity contribution in [1.82, 2.24) is 10.2 Å². The first kappa shape index (κ1) is 18.5. The van der Waals surface area contributed by atoms with E-state index >= 15 is 0 Å². The summed E-state index contributed by atoms with van der Waals surface area (Å²) in [4.78, 5) is 14.8. The molecule has 1 aromatic heterocycles. The molecule has 1 aliphatic heterocycles. The van der Waals surface area contributed by atoms with Crippen LogP contribution in [0.4, 0.5) is 0 Å². The Balaban J connectivity index is 1.46. The second-order valence-electron chi connectivity index (χ2n) is 7.17. The number of likely N-dealkylation sites (tertiary alicyclic amines) is 1. The zero-order valence-electron chi connectivity index (χ0n) is 15.6. The van der Waals surface area contributed by atoms with Gasteiger partial charge in [-0.1, -0.05) is 18.2 Å². The number of rotatable bonds is 7. The quantitative estimate of drug-likeness (QED) is 0.822. The van der Waals surface area contributed by atoms with Gasteiger partial charge in [0.2, 0.25) is 0 Å². The molecule has 5 heteroatoms. The molecule has 140 valence electrons.